The van der Waals surface area contributed by atoms with Gasteiger partial charge in [0.05, 0.1) is 15.8 Å². The first kappa shape index (κ1) is 20.8. The van der Waals surface area contributed by atoms with E-state index in [1.807, 2.05) is 44.2 Å². The molecule has 1 fully saturated rings. The van der Waals surface area contributed by atoms with Crippen LogP contribution in [0.15, 0.2) is 46.7 Å². The van der Waals surface area contributed by atoms with Crippen molar-refractivity contribution in [3.63, 3.8) is 0 Å². The summed E-state index contributed by atoms with van der Waals surface area (Å²) in [6.45, 7) is 5.16. The van der Waals surface area contributed by atoms with Crippen molar-refractivity contribution in [2.75, 3.05) is 29.9 Å². The van der Waals surface area contributed by atoms with Crippen molar-refractivity contribution in [2.45, 2.75) is 18.1 Å². The van der Waals surface area contributed by atoms with Gasteiger partial charge >= 0.3 is 0 Å². The predicted octanol–water partition coefficient (Wildman–Crippen LogP) is 4.63. The van der Waals surface area contributed by atoms with Crippen LogP contribution in [0, 0.1) is 25.6 Å². The summed E-state index contributed by atoms with van der Waals surface area (Å²) in [5.74, 6) is -0.228. The highest BCUT2D eigenvalue weighted by molar-refractivity contribution is 7.99. The van der Waals surface area contributed by atoms with Crippen molar-refractivity contribution in [1.82, 2.24) is 4.98 Å². The van der Waals surface area contributed by atoms with Crippen LogP contribution in [-0.4, -0.2) is 31.0 Å². The van der Waals surface area contributed by atoms with Crippen molar-refractivity contribution in [3.05, 3.63) is 59.5 Å². The summed E-state index contributed by atoms with van der Waals surface area (Å²) in [4.78, 5) is 21.0. The Morgan fingerprint density at radius 1 is 1.23 bits per heavy atom. The minimum Gasteiger partial charge on any atom is -0.370 e. The van der Waals surface area contributed by atoms with Crippen molar-refractivity contribution in [2.24, 2.45) is 11.1 Å². The largest absolute Gasteiger partial charge is 0.370 e. The molecule has 0 radical (unpaired) electrons. The summed E-state index contributed by atoms with van der Waals surface area (Å²) in [5.41, 5.74) is 4.36. The molecule has 0 bridgehead atoms. The third kappa shape index (κ3) is 3.95. The maximum absolute atomic E-state index is 14.1. The van der Waals surface area contributed by atoms with Crippen molar-refractivity contribution in [1.29, 1.82) is 0 Å². The second-order valence-electron chi connectivity index (χ2n) is 7.52. The molecular weight excluding hydrogens is 419 g/mol. The minimum atomic E-state index is -0.223. The van der Waals surface area contributed by atoms with Crippen LogP contribution in [0.5, 0.6) is 0 Å². The lowest BCUT2D eigenvalue weighted by atomic mass is 9.96. The van der Waals surface area contributed by atoms with Gasteiger partial charge in [0, 0.05) is 31.4 Å². The second-order valence-corrected chi connectivity index (χ2v) is 9.40. The molecule has 2 heterocycles. The maximum Gasteiger partial charge on any atom is 0.235 e. The van der Waals surface area contributed by atoms with Gasteiger partial charge in [-0.3, -0.25) is 14.8 Å². The van der Waals surface area contributed by atoms with Gasteiger partial charge in [-0.25, -0.2) is 9.37 Å². The van der Waals surface area contributed by atoms with Crippen molar-refractivity contribution in [3.8, 4) is 11.1 Å². The number of carbonyl (C=O) groups excluding carboxylic acids is 1. The van der Waals surface area contributed by atoms with E-state index in [0.29, 0.717) is 23.8 Å². The predicted molar refractivity (Wildman–Crippen MR) is 123 cm³/mol. The van der Waals surface area contributed by atoms with Crippen LogP contribution in [0.4, 0.5) is 15.2 Å². The van der Waals surface area contributed by atoms with Gasteiger partial charge in [0.25, 0.3) is 0 Å². The fraction of sp³-hybridized carbons (Fsp3) is 0.273. The monoisotopic (exact) mass is 442 g/mol. The molecule has 3 aromatic rings. The van der Waals surface area contributed by atoms with E-state index in [-0.39, 0.29) is 17.6 Å². The quantitative estimate of drug-likeness (QED) is 0.584. The number of anilines is 2. The molecule has 1 saturated heterocycles. The highest BCUT2D eigenvalue weighted by Gasteiger charge is 2.35. The van der Waals surface area contributed by atoms with Gasteiger partial charge < -0.3 is 4.90 Å². The molecule has 0 aliphatic carbocycles. The Morgan fingerprint density at radius 2 is 1.93 bits per heavy atom. The number of aromatic nitrogens is 1. The lowest BCUT2D eigenvalue weighted by Crippen LogP contribution is -2.54. The SMILES string of the molecule is Cc1ccc(F)c(-c2ccc(N3CC(C(=O)N(C)c4nc(C)c(SN)s4)C3)cc2)c1. The Morgan fingerprint density at radius 3 is 2.57 bits per heavy atom. The van der Waals surface area contributed by atoms with Crippen molar-refractivity contribution < 1.29 is 9.18 Å². The molecule has 8 heteroatoms. The zero-order chi connectivity index (χ0) is 21.4. The third-order valence-corrected chi connectivity index (χ3v) is 7.44. The Balaban J connectivity index is 1.40. The van der Waals surface area contributed by atoms with Gasteiger partial charge in [-0.15, -0.1) is 0 Å². The van der Waals surface area contributed by atoms with E-state index in [0.717, 1.165) is 38.7 Å². The Bertz CT molecular complexity index is 1080. The number of rotatable bonds is 5. The number of aryl methyl sites for hydroxylation is 2. The summed E-state index contributed by atoms with van der Waals surface area (Å²) in [6, 6.07) is 12.9. The van der Waals surface area contributed by atoms with Crippen LogP contribution >= 0.6 is 23.3 Å². The lowest BCUT2D eigenvalue weighted by molar-refractivity contribution is -0.122. The number of halogens is 1. The molecule has 2 aromatic carbocycles. The van der Waals surface area contributed by atoms with Crippen molar-refractivity contribution >= 4 is 40.0 Å². The van der Waals surface area contributed by atoms with E-state index < -0.39 is 0 Å². The molecule has 0 saturated carbocycles. The molecule has 1 aromatic heterocycles. The standard InChI is InChI=1S/C22H23FN4OS2/c1-13-4-9-19(23)18(10-13)15-5-7-17(8-6-15)27-11-16(12-27)20(28)26(3)22-25-14(2)21(29-22)30-24/h4-10,16H,11-12,24H2,1-3H3. The number of nitrogens with zero attached hydrogens (tertiary/aromatic N) is 3. The number of nitrogens with two attached hydrogens (primary N) is 1. The Labute approximate surface area is 183 Å². The molecule has 0 spiro atoms. The molecule has 0 atom stereocenters. The Hall–Kier alpha value is -2.42. The van der Waals surface area contributed by atoms with E-state index in [9.17, 15) is 9.18 Å². The van der Waals surface area contributed by atoms with Crippen LogP contribution < -0.4 is 14.9 Å². The fourth-order valence-corrected chi connectivity index (χ4v) is 4.95. The van der Waals surface area contributed by atoms with Crippen LogP contribution in [0.2, 0.25) is 0 Å². The Kier molecular flexibility index (Phi) is 5.81. The van der Waals surface area contributed by atoms with Crippen LogP contribution in [-0.2, 0) is 4.79 Å². The average molecular weight is 443 g/mol. The number of hydrogen-bond acceptors (Lipinski definition) is 6. The van der Waals surface area contributed by atoms with Gasteiger partial charge in [0.15, 0.2) is 5.13 Å². The van der Waals surface area contributed by atoms with E-state index in [2.05, 4.69) is 9.88 Å². The minimum absolute atomic E-state index is 0.0621. The average Bonchev–Trinajstić information content (AvgIpc) is 3.09. The van der Waals surface area contributed by atoms with Crippen LogP contribution in [0.3, 0.4) is 0 Å². The van der Waals surface area contributed by atoms with E-state index in [1.54, 1.807) is 18.0 Å². The second kappa shape index (κ2) is 8.37. The lowest BCUT2D eigenvalue weighted by Gasteiger charge is -2.41. The summed E-state index contributed by atoms with van der Waals surface area (Å²) >= 11 is 2.59. The topological polar surface area (TPSA) is 62.5 Å². The number of hydrogen-bond donors (Lipinski definition) is 1. The highest BCUT2D eigenvalue weighted by atomic mass is 32.2. The molecule has 156 valence electrons. The normalized spacial score (nSPS) is 14.0. The smallest absolute Gasteiger partial charge is 0.235 e. The third-order valence-electron chi connectivity index (χ3n) is 5.36. The molecule has 1 amide bonds. The summed E-state index contributed by atoms with van der Waals surface area (Å²) in [5, 5.41) is 6.31. The fourth-order valence-electron chi connectivity index (χ4n) is 3.55. The number of benzene rings is 2. The number of carbonyl (C=O) groups is 1. The molecule has 1 aliphatic rings. The summed E-state index contributed by atoms with van der Waals surface area (Å²) < 4.78 is 15.1. The number of amides is 1. The molecule has 1 aliphatic heterocycles. The van der Waals surface area contributed by atoms with Gasteiger partial charge in [0.1, 0.15) is 5.82 Å². The summed E-state index contributed by atoms with van der Waals surface area (Å²) in [7, 11) is 1.76. The zero-order valence-corrected chi connectivity index (χ0v) is 18.7. The molecule has 4 rings (SSSR count). The van der Waals surface area contributed by atoms with E-state index in [4.69, 9.17) is 5.14 Å². The molecule has 2 N–H and O–H groups in total. The molecule has 5 nitrogen and oxygen atoms in total. The zero-order valence-electron chi connectivity index (χ0n) is 17.1. The molecule has 0 unspecified atom stereocenters. The van der Waals surface area contributed by atoms with Crippen LogP contribution in [0.25, 0.3) is 11.1 Å². The summed E-state index contributed by atoms with van der Waals surface area (Å²) in [6.07, 6.45) is 0. The maximum atomic E-state index is 14.1. The molecule has 30 heavy (non-hydrogen) atoms. The van der Waals surface area contributed by atoms with Gasteiger partial charge in [-0.05, 0) is 55.6 Å². The first-order chi connectivity index (χ1) is 14.4. The van der Waals surface area contributed by atoms with Crippen LogP contribution in [0.1, 0.15) is 11.3 Å². The van der Waals surface area contributed by atoms with Gasteiger partial charge in [0.2, 0.25) is 5.91 Å². The number of thiazole rings is 1. The first-order valence-electron chi connectivity index (χ1n) is 9.60. The van der Waals surface area contributed by atoms with Gasteiger partial charge in [-0.1, -0.05) is 35.1 Å². The molecular formula is C22H23FN4OS2. The highest BCUT2D eigenvalue weighted by Crippen LogP contribution is 2.34. The first-order valence-corrected chi connectivity index (χ1v) is 11.3. The van der Waals surface area contributed by atoms with E-state index in [1.165, 1.54) is 17.4 Å². The van der Waals surface area contributed by atoms with Gasteiger partial charge in [-0.2, -0.15) is 0 Å². The van der Waals surface area contributed by atoms with E-state index >= 15 is 0 Å².